The van der Waals surface area contributed by atoms with Crippen molar-refractivity contribution >= 4 is 17.2 Å². The Morgan fingerprint density at radius 3 is 2.74 bits per heavy atom. The number of ketones is 1. The van der Waals surface area contributed by atoms with Crippen molar-refractivity contribution < 1.29 is 9.18 Å². The minimum Gasteiger partial charge on any atom is -0.366 e. The van der Waals surface area contributed by atoms with Gasteiger partial charge in [0.1, 0.15) is 5.82 Å². The van der Waals surface area contributed by atoms with Crippen molar-refractivity contribution in [1.82, 2.24) is 4.90 Å². The highest BCUT2D eigenvalue weighted by atomic mass is 19.1. The quantitative estimate of drug-likeness (QED) is 0.753. The van der Waals surface area contributed by atoms with E-state index >= 15 is 0 Å². The molecule has 0 unspecified atom stereocenters. The van der Waals surface area contributed by atoms with Gasteiger partial charge in [0.15, 0.2) is 5.78 Å². The summed E-state index contributed by atoms with van der Waals surface area (Å²) in [5.41, 5.74) is 3.11. The van der Waals surface area contributed by atoms with E-state index in [4.69, 9.17) is 0 Å². The van der Waals surface area contributed by atoms with Crippen LogP contribution in [0.5, 0.6) is 0 Å². The fourth-order valence-corrected chi connectivity index (χ4v) is 4.18. The Balaban J connectivity index is 1.32. The third-order valence-corrected chi connectivity index (χ3v) is 5.59. The van der Waals surface area contributed by atoms with Gasteiger partial charge in [-0.15, -0.1) is 0 Å². The van der Waals surface area contributed by atoms with Crippen LogP contribution in [0, 0.1) is 11.7 Å². The standard InChI is InChI=1S/C22H26FN3O/c23-19-13-21-20(24-15-25-21)12-18(19)22(27)8-10-26-9-4-7-17(14-26)11-16-5-2-1-3-6-16/h1-3,5-6,12-13,17,24-25H,4,7-11,14-15H2/t17-/m0/s1. The Morgan fingerprint density at radius 2 is 1.93 bits per heavy atom. The molecule has 0 saturated carbocycles. The molecule has 2 N–H and O–H groups in total. The molecule has 0 aliphatic carbocycles. The topological polar surface area (TPSA) is 44.4 Å². The van der Waals surface area contributed by atoms with E-state index in [1.807, 2.05) is 6.07 Å². The van der Waals surface area contributed by atoms with Gasteiger partial charge in [0.2, 0.25) is 0 Å². The lowest BCUT2D eigenvalue weighted by Crippen LogP contribution is -2.37. The van der Waals surface area contributed by atoms with Crippen LogP contribution in [0.2, 0.25) is 0 Å². The Labute approximate surface area is 159 Å². The molecule has 4 nitrogen and oxygen atoms in total. The molecule has 2 aromatic carbocycles. The van der Waals surface area contributed by atoms with Crippen molar-refractivity contribution in [2.24, 2.45) is 5.92 Å². The zero-order valence-corrected chi connectivity index (χ0v) is 15.5. The predicted molar refractivity (Wildman–Crippen MR) is 107 cm³/mol. The molecule has 2 aliphatic heterocycles. The highest BCUT2D eigenvalue weighted by molar-refractivity contribution is 5.98. The fourth-order valence-electron chi connectivity index (χ4n) is 4.18. The minimum atomic E-state index is -0.435. The number of piperidine rings is 1. The van der Waals surface area contributed by atoms with E-state index in [2.05, 4.69) is 39.8 Å². The number of hydrogen-bond donors (Lipinski definition) is 2. The summed E-state index contributed by atoms with van der Waals surface area (Å²) in [4.78, 5) is 14.9. The van der Waals surface area contributed by atoms with Crippen molar-refractivity contribution in [3.63, 3.8) is 0 Å². The van der Waals surface area contributed by atoms with Crippen LogP contribution < -0.4 is 10.6 Å². The summed E-state index contributed by atoms with van der Waals surface area (Å²) in [7, 11) is 0. The highest BCUT2D eigenvalue weighted by Gasteiger charge is 2.22. The zero-order chi connectivity index (χ0) is 18.6. The summed E-state index contributed by atoms with van der Waals surface area (Å²) in [5, 5.41) is 6.16. The molecule has 1 saturated heterocycles. The smallest absolute Gasteiger partial charge is 0.167 e. The molecule has 2 aliphatic rings. The van der Waals surface area contributed by atoms with Crippen LogP contribution in [0.1, 0.15) is 35.2 Å². The lowest BCUT2D eigenvalue weighted by atomic mass is 9.91. The molecule has 0 aromatic heterocycles. The molecular weight excluding hydrogens is 341 g/mol. The average molecular weight is 367 g/mol. The molecule has 142 valence electrons. The third kappa shape index (κ3) is 4.30. The van der Waals surface area contributed by atoms with Crippen molar-refractivity contribution in [2.45, 2.75) is 25.7 Å². The fraction of sp³-hybridized carbons (Fsp3) is 0.409. The molecule has 0 bridgehead atoms. The molecule has 0 radical (unpaired) electrons. The van der Waals surface area contributed by atoms with Crippen LogP contribution in [-0.2, 0) is 6.42 Å². The molecule has 2 aromatic rings. The molecule has 1 atom stereocenters. The van der Waals surface area contributed by atoms with Crippen molar-refractivity contribution in [3.8, 4) is 0 Å². The number of likely N-dealkylation sites (tertiary alicyclic amines) is 1. The number of nitrogens with zero attached hydrogens (tertiary/aromatic N) is 1. The zero-order valence-electron chi connectivity index (χ0n) is 15.5. The highest BCUT2D eigenvalue weighted by Crippen LogP contribution is 2.30. The number of fused-ring (bicyclic) bond motifs is 1. The first-order valence-electron chi connectivity index (χ1n) is 9.80. The summed E-state index contributed by atoms with van der Waals surface area (Å²) < 4.78 is 14.3. The van der Waals surface area contributed by atoms with E-state index in [0.29, 0.717) is 25.6 Å². The van der Waals surface area contributed by atoms with Gasteiger partial charge >= 0.3 is 0 Å². The number of Topliss-reactive ketones (excluding diaryl/α,β-unsaturated/α-hetero) is 1. The second-order valence-corrected chi connectivity index (χ2v) is 7.58. The number of nitrogens with one attached hydrogen (secondary N) is 2. The van der Waals surface area contributed by atoms with Gasteiger partial charge in [0, 0.05) is 19.5 Å². The first kappa shape index (κ1) is 18.0. The number of carbonyl (C=O) groups is 1. The van der Waals surface area contributed by atoms with Gasteiger partial charge in [-0.1, -0.05) is 30.3 Å². The Kier molecular flexibility index (Phi) is 5.39. The Bertz CT molecular complexity index is 809. The molecule has 0 spiro atoms. The second-order valence-electron chi connectivity index (χ2n) is 7.58. The van der Waals surface area contributed by atoms with Gasteiger partial charge in [-0.3, -0.25) is 4.79 Å². The van der Waals surface area contributed by atoms with Gasteiger partial charge in [0.05, 0.1) is 23.6 Å². The SMILES string of the molecule is O=C(CCN1CCC[C@@H](Cc2ccccc2)C1)c1cc2c(cc1F)NCN2. The molecule has 4 rings (SSSR count). The van der Waals surface area contributed by atoms with E-state index in [9.17, 15) is 9.18 Å². The molecule has 2 heterocycles. The lowest BCUT2D eigenvalue weighted by molar-refractivity contribution is 0.0942. The lowest BCUT2D eigenvalue weighted by Gasteiger charge is -2.32. The van der Waals surface area contributed by atoms with Crippen LogP contribution in [0.25, 0.3) is 0 Å². The maximum absolute atomic E-state index is 14.3. The Hall–Kier alpha value is -2.40. The van der Waals surface area contributed by atoms with Crippen LogP contribution in [0.15, 0.2) is 42.5 Å². The first-order chi connectivity index (χ1) is 13.2. The summed E-state index contributed by atoms with van der Waals surface area (Å²) in [5.74, 6) is 0.0768. The molecule has 1 fully saturated rings. The number of benzene rings is 2. The summed E-state index contributed by atoms with van der Waals surface area (Å²) in [6, 6.07) is 13.6. The van der Waals surface area contributed by atoms with E-state index in [0.717, 1.165) is 37.3 Å². The van der Waals surface area contributed by atoms with E-state index in [-0.39, 0.29) is 11.3 Å². The van der Waals surface area contributed by atoms with Crippen molar-refractivity contribution in [1.29, 1.82) is 0 Å². The molecule has 27 heavy (non-hydrogen) atoms. The van der Waals surface area contributed by atoms with Gasteiger partial charge in [-0.05, 0) is 49.4 Å². The minimum absolute atomic E-state index is 0.116. The number of hydrogen-bond acceptors (Lipinski definition) is 4. The maximum atomic E-state index is 14.3. The van der Waals surface area contributed by atoms with E-state index in [1.54, 1.807) is 6.07 Å². The number of anilines is 2. The van der Waals surface area contributed by atoms with Crippen molar-refractivity contribution in [2.75, 3.05) is 36.9 Å². The second kappa shape index (κ2) is 8.09. The van der Waals surface area contributed by atoms with E-state index < -0.39 is 5.82 Å². The Morgan fingerprint density at radius 1 is 1.15 bits per heavy atom. The number of carbonyl (C=O) groups excluding carboxylic acids is 1. The first-order valence-corrected chi connectivity index (χ1v) is 9.80. The largest absolute Gasteiger partial charge is 0.366 e. The third-order valence-electron chi connectivity index (χ3n) is 5.59. The number of halogens is 1. The van der Waals surface area contributed by atoms with Crippen LogP contribution >= 0.6 is 0 Å². The summed E-state index contributed by atoms with van der Waals surface area (Å²) in [6.45, 7) is 3.31. The van der Waals surface area contributed by atoms with E-state index in [1.165, 1.54) is 18.1 Å². The molecular formula is C22H26FN3O. The van der Waals surface area contributed by atoms with Gasteiger partial charge in [0.25, 0.3) is 0 Å². The van der Waals surface area contributed by atoms with Crippen LogP contribution in [-0.4, -0.2) is 37.0 Å². The van der Waals surface area contributed by atoms with Crippen molar-refractivity contribution in [3.05, 3.63) is 59.4 Å². The summed E-state index contributed by atoms with van der Waals surface area (Å²) in [6.07, 6.45) is 3.84. The van der Waals surface area contributed by atoms with Crippen LogP contribution in [0.4, 0.5) is 15.8 Å². The number of rotatable bonds is 6. The normalized spacial score (nSPS) is 19.2. The molecule has 5 heteroatoms. The van der Waals surface area contributed by atoms with Gasteiger partial charge in [-0.25, -0.2) is 4.39 Å². The predicted octanol–water partition coefficient (Wildman–Crippen LogP) is 4.15. The monoisotopic (exact) mass is 367 g/mol. The van der Waals surface area contributed by atoms with Gasteiger partial charge in [-0.2, -0.15) is 0 Å². The average Bonchev–Trinajstić information content (AvgIpc) is 3.14. The maximum Gasteiger partial charge on any atom is 0.167 e. The van der Waals surface area contributed by atoms with Gasteiger partial charge < -0.3 is 15.5 Å². The summed E-state index contributed by atoms with van der Waals surface area (Å²) >= 11 is 0. The van der Waals surface area contributed by atoms with Crippen LogP contribution in [0.3, 0.4) is 0 Å². The molecule has 0 amide bonds.